The van der Waals surface area contributed by atoms with Gasteiger partial charge in [-0.25, -0.2) is 4.98 Å². The molecular weight excluding hydrogens is 188 g/mol. The molecule has 1 aromatic rings. The monoisotopic (exact) mass is 202 g/mol. The summed E-state index contributed by atoms with van der Waals surface area (Å²) >= 11 is 0. The third-order valence-corrected chi connectivity index (χ3v) is 1.69. The van der Waals surface area contributed by atoms with Crippen molar-refractivity contribution in [2.75, 3.05) is 5.32 Å². The van der Waals surface area contributed by atoms with Gasteiger partial charge in [0, 0.05) is 11.8 Å². The first kappa shape index (κ1) is 11.2. The summed E-state index contributed by atoms with van der Waals surface area (Å²) in [5.74, 6) is 0.399. The van der Waals surface area contributed by atoms with Crippen LogP contribution in [0.4, 0.5) is 5.82 Å². The van der Waals surface area contributed by atoms with Crippen LogP contribution in [0.2, 0.25) is 0 Å². The van der Waals surface area contributed by atoms with Gasteiger partial charge in [0.05, 0.1) is 0 Å². The maximum Gasteiger partial charge on any atom is 0.249 e. The number of nitrogens with one attached hydrogen (secondary N) is 1. The maximum atomic E-state index is 11.3. The Morgan fingerprint density at radius 1 is 1.40 bits per heavy atom. The third-order valence-electron chi connectivity index (χ3n) is 1.69. The summed E-state index contributed by atoms with van der Waals surface area (Å²) in [5, 5.41) is 2.67. The lowest BCUT2D eigenvalue weighted by Gasteiger charge is -2.00. The molecule has 0 unspecified atom stereocenters. The number of pyridine rings is 1. The van der Waals surface area contributed by atoms with Crippen LogP contribution in [0, 0.1) is 6.92 Å². The molecule has 0 atom stereocenters. The first-order valence-electron chi connectivity index (χ1n) is 4.76. The van der Waals surface area contributed by atoms with Crippen LogP contribution in [0.5, 0.6) is 0 Å². The second kappa shape index (κ2) is 5.75. The molecule has 0 spiro atoms. The fourth-order valence-corrected chi connectivity index (χ4v) is 1.03. The molecule has 15 heavy (non-hydrogen) atoms. The lowest BCUT2D eigenvalue weighted by Crippen LogP contribution is -2.09. The zero-order valence-electron chi connectivity index (χ0n) is 8.90. The van der Waals surface area contributed by atoms with Gasteiger partial charge in [-0.05, 0) is 26.0 Å². The van der Waals surface area contributed by atoms with Crippen molar-refractivity contribution in [3.8, 4) is 0 Å². The number of hydrogen-bond acceptors (Lipinski definition) is 2. The summed E-state index contributed by atoms with van der Waals surface area (Å²) < 4.78 is 0. The van der Waals surface area contributed by atoms with E-state index in [9.17, 15) is 4.79 Å². The number of aromatic nitrogens is 1. The smallest absolute Gasteiger partial charge is 0.249 e. The fourth-order valence-electron chi connectivity index (χ4n) is 1.03. The summed E-state index contributed by atoms with van der Waals surface area (Å²) in [7, 11) is 0. The second-order valence-corrected chi connectivity index (χ2v) is 3.04. The molecule has 3 heteroatoms. The standard InChI is InChI=1S/C12H14N2O/c1-3-4-5-9-12(15)14-11-8-6-7-10(2)13-11/h3-9H,1-2H3,(H,13,14,15)/b4-3+,9-5+. The highest BCUT2D eigenvalue weighted by Gasteiger charge is 1.97. The average molecular weight is 202 g/mol. The Morgan fingerprint density at radius 3 is 2.87 bits per heavy atom. The first-order valence-corrected chi connectivity index (χ1v) is 4.76. The molecule has 0 bridgehead atoms. The van der Waals surface area contributed by atoms with E-state index in [2.05, 4.69) is 10.3 Å². The molecule has 3 nitrogen and oxygen atoms in total. The van der Waals surface area contributed by atoms with Crippen molar-refractivity contribution in [3.05, 3.63) is 48.2 Å². The zero-order chi connectivity index (χ0) is 11.1. The van der Waals surface area contributed by atoms with E-state index >= 15 is 0 Å². The van der Waals surface area contributed by atoms with Gasteiger partial charge in [0.15, 0.2) is 0 Å². The zero-order valence-corrected chi connectivity index (χ0v) is 8.90. The van der Waals surface area contributed by atoms with Crippen molar-refractivity contribution in [1.82, 2.24) is 4.98 Å². The molecule has 1 heterocycles. The Balaban J connectivity index is 2.59. The molecule has 0 aliphatic heterocycles. The predicted molar refractivity (Wildman–Crippen MR) is 61.6 cm³/mol. The first-order chi connectivity index (χ1) is 7.22. The molecule has 1 amide bonds. The molecule has 0 saturated carbocycles. The number of nitrogens with zero attached hydrogens (tertiary/aromatic N) is 1. The van der Waals surface area contributed by atoms with Crippen LogP contribution in [0.25, 0.3) is 0 Å². The van der Waals surface area contributed by atoms with E-state index in [0.717, 1.165) is 5.69 Å². The summed E-state index contributed by atoms with van der Waals surface area (Å²) in [5.41, 5.74) is 0.880. The van der Waals surface area contributed by atoms with Gasteiger partial charge in [0.1, 0.15) is 5.82 Å². The lowest BCUT2D eigenvalue weighted by atomic mass is 10.3. The van der Waals surface area contributed by atoms with Gasteiger partial charge in [-0.15, -0.1) is 0 Å². The largest absolute Gasteiger partial charge is 0.307 e. The number of rotatable bonds is 3. The van der Waals surface area contributed by atoms with Crippen LogP contribution >= 0.6 is 0 Å². The van der Waals surface area contributed by atoms with Crippen molar-refractivity contribution >= 4 is 11.7 Å². The average Bonchev–Trinajstić information content (AvgIpc) is 2.18. The van der Waals surface area contributed by atoms with Gasteiger partial charge in [-0.1, -0.05) is 24.3 Å². The van der Waals surface area contributed by atoms with E-state index in [-0.39, 0.29) is 5.91 Å². The van der Waals surface area contributed by atoms with E-state index in [1.165, 1.54) is 6.08 Å². The molecule has 0 saturated heterocycles. The van der Waals surface area contributed by atoms with Crippen molar-refractivity contribution < 1.29 is 4.79 Å². The molecular formula is C12H14N2O. The van der Waals surface area contributed by atoms with Crippen molar-refractivity contribution in [2.24, 2.45) is 0 Å². The molecule has 0 aliphatic rings. The fraction of sp³-hybridized carbons (Fsp3) is 0.167. The SMILES string of the molecule is C/C=C/C=C/C(=O)Nc1cccc(C)n1. The van der Waals surface area contributed by atoms with E-state index in [0.29, 0.717) is 5.82 Å². The molecule has 1 aromatic heterocycles. The molecule has 0 aliphatic carbocycles. The van der Waals surface area contributed by atoms with E-state index < -0.39 is 0 Å². The molecule has 0 fully saturated rings. The predicted octanol–water partition coefficient (Wildman–Crippen LogP) is 2.46. The minimum absolute atomic E-state index is 0.175. The van der Waals surface area contributed by atoms with Crippen LogP contribution in [-0.4, -0.2) is 10.9 Å². The summed E-state index contributed by atoms with van der Waals surface area (Å²) in [6, 6.07) is 5.49. The van der Waals surface area contributed by atoms with Crippen LogP contribution in [0.1, 0.15) is 12.6 Å². The minimum Gasteiger partial charge on any atom is -0.307 e. The highest BCUT2D eigenvalue weighted by atomic mass is 16.1. The summed E-state index contributed by atoms with van der Waals surface area (Å²) in [6.45, 7) is 3.77. The molecule has 0 aromatic carbocycles. The van der Waals surface area contributed by atoms with Crippen LogP contribution in [-0.2, 0) is 4.79 Å². The third kappa shape index (κ3) is 4.22. The van der Waals surface area contributed by atoms with Gasteiger partial charge >= 0.3 is 0 Å². The number of hydrogen-bond donors (Lipinski definition) is 1. The Bertz CT molecular complexity index is 394. The Morgan fingerprint density at radius 2 is 2.20 bits per heavy atom. The molecule has 78 valence electrons. The van der Waals surface area contributed by atoms with Crippen molar-refractivity contribution in [2.45, 2.75) is 13.8 Å². The number of aryl methyl sites for hydroxylation is 1. The van der Waals surface area contributed by atoms with E-state index in [1.807, 2.05) is 32.1 Å². The molecule has 1 rings (SSSR count). The highest BCUT2D eigenvalue weighted by Crippen LogP contribution is 2.03. The van der Waals surface area contributed by atoms with Crippen LogP contribution in [0.3, 0.4) is 0 Å². The van der Waals surface area contributed by atoms with Crippen molar-refractivity contribution in [1.29, 1.82) is 0 Å². The van der Waals surface area contributed by atoms with Crippen molar-refractivity contribution in [3.63, 3.8) is 0 Å². The van der Waals surface area contributed by atoms with Gasteiger partial charge in [-0.3, -0.25) is 4.79 Å². The van der Waals surface area contributed by atoms with Crippen LogP contribution < -0.4 is 5.32 Å². The molecule has 0 radical (unpaired) electrons. The minimum atomic E-state index is -0.175. The number of amides is 1. The summed E-state index contributed by atoms with van der Waals surface area (Å²) in [4.78, 5) is 15.5. The maximum absolute atomic E-state index is 11.3. The number of anilines is 1. The van der Waals surface area contributed by atoms with E-state index in [4.69, 9.17) is 0 Å². The Kier molecular flexibility index (Phi) is 4.29. The Hall–Kier alpha value is -1.90. The van der Waals surface area contributed by atoms with Crippen LogP contribution in [0.15, 0.2) is 42.5 Å². The highest BCUT2D eigenvalue weighted by molar-refractivity contribution is 5.98. The van der Waals surface area contributed by atoms with Gasteiger partial charge in [-0.2, -0.15) is 0 Å². The van der Waals surface area contributed by atoms with Gasteiger partial charge in [0.25, 0.3) is 0 Å². The van der Waals surface area contributed by atoms with Gasteiger partial charge < -0.3 is 5.32 Å². The molecule has 1 N–H and O–H groups in total. The number of carbonyl (C=O) groups is 1. The number of carbonyl (C=O) groups excluding carboxylic acids is 1. The van der Waals surface area contributed by atoms with Gasteiger partial charge in [0.2, 0.25) is 5.91 Å². The normalized spacial score (nSPS) is 11.1. The van der Waals surface area contributed by atoms with E-state index in [1.54, 1.807) is 18.2 Å². The quantitative estimate of drug-likeness (QED) is 0.604. The topological polar surface area (TPSA) is 42.0 Å². The number of allylic oxidation sites excluding steroid dienone is 3. The Labute approximate surface area is 89.5 Å². The second-order valence-electron chi connectivity index (χ2n) is 3.04. The lowest BCUT2D eigenvalue weighted by molar-refractivity contribution is -0.111. The summed E-state index contributed by atoms with van der Waals surface area (Å²) in [6.07, 6.45) is 6.80.